The molecule has 7 heteroatoms. The molecule has 0 unspecified atom stereocenters. The van der Waals surface area contributed by atoms with Crippen molar-refractivity contribution in [1.82, 2.24) is 0 Å². The average molecular weight is 294 g/mol. The van der Waals surface area contributed by atoms with Gasteiger partial charge in [0, 0.05) is 13.1 Å². The summed E-state index contributed by atoms with van der Waals surface area (Å²) in [6.45, 7) is 10.5. The molecule has 0 aromatic rings. The molecule has 0 aliphatic rings. The van der Waals surface area contributed by atoms with Gasteiger partial charge in [0.1, 0.15) is 0 Å². The number of hydrogen-bond acceptors (Lipinski definition) is 5. The van der Waals surface area contributed by atoms with E-state index in [-0.39, 0.29) is 13.1 Å². The van der Waals surface area contributed by atoms with E-state index in [0.29, 0.717) is 0 Å². The van der Waals surface area contributed by atoms with E-state index >= 15 is 0 Å². The number of aliphatic hydroxyl groups excluding tert-OH is 1. The van der Waals surface area contributed by atoms with Crippen LogP contribution in [0.25, 0.3) is 0 Å². The lowest BCUT2D eigenvalue weighted by Crippen LogP contribution is -2.27. The molecule has 0 radical (unpaired) electrons. The third-order valence-corrected chi connectivity index (χ3v) is 1.83. The fourth-order valence-corrected chi connectivity index (χ4v) is 0.0962. The summed E-state index contributed by atoms with van der Waals surface area (Å²) in [6, 6.07) is 0. The van der Waals surface area contributed by atoms with Gasteiger partial charge in [0.25, 0.3) is 0 Å². The average Bonchev–Trinajstić information content (AvgIpc) is 2.27. The van der Waals surface area contributed by atoms with Crippen LogP contribution in [0.5, 0.6) is 0 Å². The van der Waals surface area contributed by atoms with Gasteiger partial charge in [-0.2, -0.15) is 0 Å². The van der Waals surface area contributed by atoms with Gasteiger partial charge in [0.05, 0.1) is 16.9 Å². The highest BCUT2D eigenvalue weighted by Gasteiger charge is 2.19. The zero-order chi connectivity index (χ0) is 17.1. The Labute approximate surface area is 121 Å². The molecular formula is C13H30N2O5. The summed E-state index contributed by atoms with van der Waals surface area (Å²) in [6.07, 6.45) is -0.509. The minimum atomic E-state index is -0.757. The van der Waals surface area contributed by atoms with Crippen LogP contribution in [-0.2, 0) is 9.59 Å². The lowest BCUT2D eigenvalue weighted by Gasteiger charge is -2.08. The Kier molecular flexibility index (Phi) is 12.6. The van der Waals surface area contributed by atoms with Crippen molar-refractivity contribution < 1.29 is 24.9 Å². The molecule has 0 aliphatic heterocycles. The zero-order valence-electron chi connectivity index (χ0n) is 13.3. The van der Waals surface area contributed by atoms with Crippen molar-refractivity contribution in [3.05, 3.63) is 0 Å². The predicted molar refractivity (Wildman–Crippen MR) is 78.3 cm³/mol. The second kappa shape index (κ2) is 10.6. The largest absolute Gasteiger partial charge is 0.481 e. The fraction of sp³-hybridized carbons (Fsp3) is 0.846. The minimum Gasteiger partial charge on any atom is -0.481 e. The van der Waals surface area contributed by atoms with Gasteiger partial charge < -0.3 is 26.8 Å². The third-order valence-electron chi connectivity index (χ3n) is 1.83. The number of aliphatic carboxylic acids is 2. The Morgan fingerprint density at radius 2 is 1.00 bits per heavy atom. The maximum atomic E-state index is 10.0. The fourth-order valence-electron chi connectivity index (χ4n) is 0.0962. The quantitative estimate of drug-likeness (QED) is 0.498. The van der Waals surface area contributed by atoms with Gasteiger partial charge in [0.15, 0.2) is 0 Å². The molecule has 0 saturated carbocycles. The van der Waals surface area contributed by atoms with Crippen LogP contribution in [0.15, 0.2) is 0 Å². The number of carboxylic acids is 2. The molecule has 0 spiro atoms. The summed E-state index contributed by atoms with van der Waals surface area (Å²) >= 11 is 0. The highest BCUT2D eigenvalue weighted by atomic mass is 16.4. The lowest BCUT2D eigenvalue weighted by atomic mass is 9.98. The molecule has 0 bridgehead atoms. The zero-order valence-corrected chi connectivity index (χ0v) is 13.3. The Balaban J connectivity index is -0.000000218. The Bertz CT molecular complexity index is 251. The maximum Gasteiger partial charge on any atom is 0.308 e. The van der Waals surface area contributed by atoms with Crippen LogP contribution in [0.3, 0.4) is 0 Å². The van der Waals surface area contributed by atoms with E-state index in [0.717, 1.165) is 0 Å². The molecule has 0 rings (SSSR count). The van der Waals surface area contributed by atoms with Crippen molar-refractivity contribution in [3.63, 3.8) is 0 Å². The Hall–Kier alpha value is -1.18. The molecule has 0 atom stereocenters. The summed E-state index contributed by atoms with van der Waals surface area (Å²) in [5.41, 5.74) is 8.74. The number of rotatable bonds is 2. The highest BCUT2D eigenvalue weighted by Crippen LogP contribution is 2.11. The van der Waals surface area contributed by atoms with Gasteiger partial charge in [-0.15, -0.1) is 0 Å². The van der Waals surface area contributed by atoms with Gasteiger partial charge >= 0.3 is 11.9 Å². The molecule has 0 heterocycles. The van der Waals surface area contributed by atoms with Crippen molar-refractivity contribution in [2.45, 2.75) is 47.6 Å². The van der Waals surface area contributed by atoms with Crippen LogP contribution >= 0.6 is 0 Å². The van der Waals surface area contributed by atoms with E-state index < -0.39 is 28.9 Å². The standard InChI is InChI=1S/2C5H10O2.C3H10N2O/c2*1-5(2,3)4(6)7;4-1-3(6)2-5/h2*1-3H3,(H,6,7);3,6H,1-2,4-5H2. The second-order valence-corrected chi connectivity index (χ2v) is 6.24. The van der Waals surface area contributed by atoms with Crippen molar-refractivity contribution >= 4 is 11.9 Å². The van der Waals surface area contributed by atoms with E-state index in [1.807, 2.05) is 0 Å². The SMILES string of the molecule is CC(C)(C)C(=O)O.CC(C)(C)C(=O)O.NCC(O)CN. The smallest absolute Gasteiger partial charge is 0.308 e. The first kappa shape index (κ1) is 23.9. The van der Waals surface area contributed by atoms with E-state index in [9.17, 15) is 9.59 Å². The summed E-state index contributed by atoms with van der Waals surface area (Å²) in [5.74, 6) is -1.51. The van der Waals surface area contributed by atoms with E-state index in [4.69, 9.17) is 26.8 Å². The number of carboxylic acid groups (broad SMARTS) is 2. The molecule has 20 heavy (non-hydrogen) atoms. The van der Waals surface area contributed by atoms with Gasteiger partial charge in [-0.1, -0.05) is 0 Å². The normalized spacial score (nSPS) is 10.9. The van der Waals surface area contributed by atoms with Crippen LogP contribution in [0.1, 0.15) is 41.5 Å². The molecule has 0 aromatic heterocycles. The molecule has 0 aromatic carbocycles. The minimum absolute atomic E-state index is 0.260. The molecule has 0 amide bonds. The van der Waals surface area contributed by atoms with Crippen molar-refractivity contribution in [2.75, 3.05) is 13.1 Å². The van der Waals surface area contributed by atoms with Crippen LogP contribution < -0.4 is 11.5 Å². The van der Waals surface area contributed by atoms with E-state index in [2.05, 4.69) is 0 Å². The van der Waals surface area contributed by atoms with Crippen LogP contribution in [-0.4, -0.2) is 46.5 Å². The van der Waals surface area contributed by atoms with Crippen LogP contribution in [0.4, 0.5) is 0 Å². The third kappa shape index (κ3) is 19.2. The van der Waals surface area contributed by atoms with Crippen molar-refractivity contribution in [1.29, 1.82) is 0 Å². The van der Waals surface area contributed by atoms with Gasteiger partial charge in [0.2, 0.25) is 0 Å². The predicted octanol–water partition coefficient (Wildman–Crippen LogP) is 0.499. The molecule has 7 N–H and O–H groups in total. The summed E-state index contributed by atoms with van der Waals surface area (Å²) in [7, 11) is 0. The molecule has 122 valence electrons. The Morgan fingerprint density at radius 3 is 1.00 bits per heavy atom. The highest BCUT2D eigenvalue weighted by molar-refractivity contribution is 5.73. The maximum absolute atomic E-state index is 10.0. The summed E-state index contributed by atoms with van der Waals surface area (Å²) in [4.78, 5) is 20.0. The second-order valence-electron chi connectivity index (χ2n) is 6.24. The first-order valence-electron chi connectivity index (χ1n) is 6.25. The summed E-state index contributed by atoms with van der Waals surface area (Å²) in [5, 5.41) is 24.9. The molecule has 0 aliphatic carbocycles. The first-order chi connectivity index (χ1) is 8.69. The van der Waals surface area contributed by atoms with Crippen molar-refractivity contribution in [3.8, 4) is 0 Å². The summed E-state index contributed by atoms with van der Waals surface area (Å²) < 4.78 is 0. The van der Waals surface area contributed by atoms with Crippen molar-refractivity contribution in [2.24, 2.45) is 22.3 Å². The number of hydrogen-bond donors (Lipinski definition) is 5. The van der Waals surface area contributed by atoms with Crippen LogP contribution in [0, 0.1) is 10.8 Å². The topological polar surface area (TPSA) is 147 Å². The molecule has 0 saturated heterocycles. The van der Waals surface area contributed by atoms with Crippen LogP contribution in [0.2, 0.25) is 0 Å². The van der Waals surface area contributed by atoms with E-state index in [1.54, 1.807) is 41.5 Å². The number of aliphatic hydroxyl groups is 1. The monoisotopic (exact) mass is 294 g/mol. The molecule has 7 nitrogen and oxygen atoms in total. The van der Waals surface area contributed by atoms with E-state index in [1.165, 1.54) is 0 Å². The van der Waals surface area contributed by atoms with Gasteiger partial charge in [-0.3, -0.25) is 9.59 Å². The van der Waals surface area contributed by atoms with Gasteiger partial charge in [-0.25, -0.2) is 0 Å². The Morgan fingerprint density at radius 1 is 0.850 bits per heavy atom. The molecular weight excluding hydrogens is 264 g/mol. The lowest BCUT2D eigenvalue weighted by molar-refractivity contribution is -0.146. The molecule has 0 fully saturated rings. The first-order valence-corrected chi connectivity index (χ1v) is 6.25. The van der Waals surface area contributed by atoms with Gasteiger partial charge in [-0.05, 0) is 41.5 Å². The number of nitrogens with two attached hydrogens (primary N) is 2. The number of carbonyl (C=O) groups is 2.